The number of hydrogen-bond acceptors (Lipinski definition) is 2. The van der Waals surface area contributed by atoms with Crippen LogP contribution in [0.5, 0.6) is 0 Å². The molecule has 1 N–H and O–H groups in total. The minimum absolute atomic E-state index is 0.323. The topological polar surface area (TPSA) is 29.9 Å². The van der Waals surface area contributed by atoms with Crippen LogP contribution < -0.4 is 5.32 Å². The van der Waals surface area contributed by atoms with E-state index in [1.54, 1.807) is 0 Å². The van der Waals surface area contributed by atoms with Gasteiger partial charge in [-0.1, -0.05) is 29.8 Å². The lowest BCUT2D eigenvalue weighted by Gasteiger charge is -2.18. The van der Waals surface area contributed by atoms with E-state index in [9.17, 15) is 0 Å². The van der Waals surface area contributed by atoms with Crippen LogP contribution in [0.1, 0.15) is 23.0 Å². The zero-order valence-electron chi connectivity index (χ0n) is 10.6. The molecule has 3 nitrogen and oxygen atoms in total. The monoisotopic (exact) mass is 229 g/mol. The van der Waals surface area contributed by atoms with Crippen molar-refractivity contribution < 1.29 is 0 Å². The van der Waals surface area contributed by atoms with E-state index in [2.05, 4.69) is 46.1 Å². The summed E-state index contributed by atoms with van der Waals surface area (Å²) in [7, 11) is 2.00. The maximum absolute atomic E-state index is 4.25. The normalized spacial score (nSPS) is 12.6. The van der Waals surface area contributed by atoms with Gasteiger partial charge in [0.2, 0.25) is 0 Å². The van der Waals surface area contributed by atoms with E-state index in [0.717, 1.165) is 12.4 Å². The number of benzene rings is 1. The summed E-state index contributed by atoms with van der Waals surface area (Å²) in [6.45, 7) is 5.05. The molecule has 0 aliphatic carbocycles. The first kappa shape index (κ1) is 11.9. The summed E-state index contributed by atoms with van der Waals surface area (Å²) in [5.41, 5.74) is 2.61. The van der Waals surface area contributed by atoms with Gasteiger partial charge >= 0.3 is 0 Å². The van der Waals surface area contributed by atoms with Gasteiger partial charge in [0.05, 0.1) is 0 Å². The molecular formula is C14H19N3. The molecule has 0 aliphatic heterocycles. The highest BCUT2D eigenvalue weighted by Gasteiger charge is 2.10. The fourth-order valence-electron chi connectivity index (χ4n) is 1.96. The van der Waals surface area contributed by atoms with Crippen LogP contribution in [-0.2, 0) is 6.54 Å². The molecule has 0 aliphatic rings. The van der Waals surface area contributed by atoms with E-state index in [1.165, 1.54) is 11.1 Å². The molecule has 0 fully saturated rings. The van der Waals surface area contributed by atoms with E-state index >= 15 is 0 Å². The molecule has 1 atom stereocenters. The molecular weight excluding hydrogens is 210 g/mol. The van der Waals surface area contributed by atoms with Gasteiger partial charge in [-0.3, -0.25) is 0 Å². The molecule has 1 heterocycles. The van der Waals surface area contributed by atoms with Gasteiger partial charge in [0.1, 0.15) is 5.82 Å². The standard InChI is InChI=1S/C14H19N3/c1-11-4-6-13(7-5-11)14(15-3)10-17-9-8-16-12(17)2/h4-9,14-15H,10H2,1-3H3. The van der Waals surface area contributed by atoms with Crippen molar-refractivity contribution in [1.82, 2.24) is 14.9 Å². The van der Waals surface area contributed by atoms with E-state index in [-0.39, 0.29) is 0 Å². The van der Waals surface area contributed by atoms with Crippen molar-refractivity contribution in [1.29, 1.82) is 0 Å². The predicted molar refractivity (Wildman–Crippen MR) is 69.9 cm³/mol. The fourth-order valence-corrected chi connectivity index (χ4v) is 1.96. The minimum Gasteiger partial charge on any atom is -0.333 e. The van der Waals surface area contributed by atoms with Crippen LogP contribution >= 0.6 is 0 Å². The summed E-state index contributed by atoms with van der Waals surface area (Å²) < 4.78 is 2.17. The van der Waals surface area contributed by atoms with Gasteiger partial charge in [-0.15, -0.1) is 0 Å². The summed E-state index contributed by atoms with van der Waals surface area (Å²) in [4.78, 5) is 4.25. The van der Waals surface area contributed by atoms with E-state index in [0.29, 0.717) is 6.04 Å². The second kappa shape index (κ2) is 5.15. The average molecular weight is 229 g/mol. The highest BCUT2D eigenvalue weighted by atomic mass is 15.1. The Bertz CT molecular complexity index is 470. The Morgan fingerprint density at radius 2 is 1.94 bits per heavy atom. The molecule has 0 radical (unpaired) electrons. The number of aromatic nitrogens is 2. The molecule has 0 amide bonds. The second-order valence-corrected chi connectivity index (χ2v) is 4.38. The molecule has 17 heavy (non-hydrogen) atoms. The van der Waals surface area contributed by atoms with Gasteiger partial charge in [0.15, 0.2) is 0 Å². The molecule has 1 aromatic heterocycles. The maximum Gasteiger partial charge on any atom is 0.105 e. The highest BCUT2D eigenvalue weighted by molar-refractivity contribution is 5.24. The molecule has 0 spiro atoms. The quantitative estimate of drug-likeness (QED) is 0.872. The largest absolute Gasteiger partial charge is 0.333 e. The Labute approximate surface area is 103 Å². The lowest BCUT2D eigenvalue weighted by atomic mass is 10.1. The first-order valence-electron chi connectivity index (χ1n) is 5.92. The molecule has 2 rings (SSSR count). The van der Waals surface area contributed by atoms with Gasteiger partial charge in [0.25, 0.3) is 0 Å². The van der Waals surface area contributed by atoms with Crippen molar-refractivity contribution in [3.63, 3.8) is 0 Å². The van der Waals surface area contributed by atoms with Gasteiger partial charge in [-0.2, -0.15) is 0 Å². The first-order chi connectivity index (χ1) is 8.20. The van der Waals surface area contributed by atoms with Crippen LogP contribution in [-0.4, -0.2) is 16.6 Å². The van der Waals surface area contributed by atoms with E-state index in [1.807, 2.05) is 26.4 Å². The minimum atomic E-state index is 0.323. The number of likely N-dealkylation sites (N-methyl/N-ethyl adjacent to an activating group) is 1. The van der Waals surface area contributed by atoms with Crippen LogP contribution in [0.25, 0.3) is 0 Å². The van der Waals surface area contributed by atoms with Crippen LogP contribution in [0.3, 0.4) is 0 Å². The van der Waals surface area contributed by atoms with E-state index < -0.39 is 0 Å². The molecule has 3 heteroatoms. The van der Waals surface area contributed by atoms with Gasteiger partial charge in [0, 0.05) is 25.0 Å². The molecule has 0 bridgehead atoms. The van der Waals surface area contributed by atoms with Gasteiger partial charge in [-0.25, -0.2) is 4.98 Å². The van der Waals surface area contributed by atoms with Crippen LogP contribution in [0.2, 0.25) is 0 Å². The molecule has 90 valence electrons. The average Bonchev–Trinajstić information content (AvgIpc) is 2.73. The molecule has 1 aromatic carbocycles. The van der Waals surface area contributed by atoms with Crippen molar-refractivity contribution in [2.75, 3.05) is 7.05 Å². The third-order valence-corrected chi connectivity index (χ3v) is 3.13. The summed E-state index contributed by atoms with van der Waals surface area (Å²) in [6.07, 6.45) is 3.87. The molecule has 2 aromatic rings. The second-order valence-electron chi connectivity index (χ2n) is 4.38. The lowest BCUT2D eigenvalue weighted by molar-refractivity contribution is 0.493. The van der Waals surface area contributed by atoms with Crippen LogP contribution in [0, 0.1) is 13.8 Å². The smallest absolute Gasteiger partial charge is 0.105 e. The summed E-state index contributed by atoms with van der Waals surface area (Å²) in [6, 6.07) is 9.00. The van der Waals surface area contributed by atoms with Crippen molar-refractivity contribution in [2.45, 2.75) is 26.4 Å². The number of nitrogens with one attached hydrogen (secondary N) is 1. The summed E-state index contributed by atoms with van der Waals surface area (Å²) in [5.74, 6) is 1.05. The number of hydrogen-bond donors (Lipinski definition) is 1. The lowest BCUT2D eigenvalue weighted by Crippen LogP contribution is -2.22. The zero-order chi connectivity index (χ0) is 12.3. The summed E-state index contributed by atoms with van der Waals surface area (Å²) >= 11 is 0. The Kier molecular flexibility index (Phi) is 3.59. The number of rotatable bonds is 4. The van der Waals surface area contributed by atoms with Crippen molar-refractivity contribution in [3.05, 3.63) is 53.6 Å². The van der Waals surface area contributed by atoms with E-state index in [4.69, 9.17) is 0 Å². The number of nitrogens with zero attached hydrogens (tertiary/aromatic N) is 2. The molecule has 1 unspecified atom stereocenters. The van der Waals surface area contributed by atoms with Crippen molar-refractivity contribution in [3.8, 4) is 0 Å². The molecule has 0 saturated heterocycles. The van der Waals surface area contributed by atoms with Gasteiger partial charge in [-0.05, 0) is 26.5 Å². The zero-order valence-corrected chi connectivity index (χ0v) is 10.6. The Hall–Kier alpha value is -1.61. The Morgan fingerprint density at radius 1 is 1.24 bits per heavy atom. The summed E-state index contributed by atoms with van der Waals surface area (Å²) in [5, 5.41) is 3.35. The maximum atomic E-state index is 4.25. The van der Waals surface area contributed by atoms with Gasteiger partial charge < -0.3 is 9.88 Å². The van der Waals surface area contributed by atoms with Crippen molar-refractivity contribution in [2.24, 2.45) is 0 Å². The number of aryl methyl sites for hydroxylation is 2. The first-order valence-corrected chi connectivity index (χ1v) is 5.92. The SMILES string of the molecule is CNC(Cn1ccnc1C)c1ccc(C)cc1. The Morgan fingerprint density at radius 3 is 2.47 bits per heavy atom. The predicted octanol–water partition coefficient (Wildman–Crippen LogP) is 2.46. The third-order valence-electron chi connectivity index (χ3n) is 3.13. The molecule has 0 saturated carbocycles. The Balaban J connectivity index is 2.17. The number of imidazole rings is 1. The third kappa shape index (κ3) is 2.74. The highest BCUT2D eigenvalue weighted by Crippen LogP contribution is 2.16. The van der Waals surface area contributed by atoms with Crippen LogP contribution in [0.4, 0.5) is 0 Å². The fraction of sp³-hybridized carbons (Fsp3) is 0.357. The van der Waals surface area contributed by atoms with Crippen LogP contribution in [0.15, 0.2) is 36.7 Å². The van der Waals surface area contributed by atoms with Crippen molar-refractivity contribution >= 4 is 0 Å².